The summed E-state index contributed by atoms with van der Waals surface area (Å²) in [5.74, 6) is -0.275. The molecular formula is C22H21ClN2O3S. The normalized spacial score (nSPS) is 11.1. The van der Waals surface area contributed by atoms with Gasteiger partial charge in [0.1, 0.15) is 0 Å². The maximum absolute atomic E-state index is 12.5. The average molecular weight is 429 g/mol. The van der Waals surface area contributed by atoms with Crippen molar-refractivity contribution >= 4 is 33.2 Å². The van der Waals surface area contributed by atoms with Gasteiger partial charge in [-0.05, 0) is 61.4 Å². The van der Waals surface area contributed by atoms with Crippen LogP contribution < -0.4 is 10.0 Å². The Labute approximate surface area is 175 Å². The molecule has 0 radical (unpaired) electrons. The summed E-state index contributed by atoms with van der Waals surface area (Å²) < 4.78 is 27.6. The van der Waals surface area contributed by atoms with Crippen molar-refractivity contribution in [1.29, 1.82) is 0 Å². The quantitative estimate of drug-likeness (QED) is 0.584. The van der Waals surface area contributed by atoms with E-state index in [1.54, 1.807) is 48.5 Å². The molecule has 3 aromatic rings. The fourth-order valence-corrected chi connectivity index (χ4v) is 4.03. The van der Waals surface area contributed by atoms with Crippen LogP contribution in [0.15, 0.2) is 77.7 Å². The molecule has 1 amide bonds. The predicted octanol–water partition coefficient (Wildman–Crippen LogP) is 4.42. The molecule has 0 aromatic heterocycles. The van der Waals surface area contributed by atoms with Gasteiger partial charge in [0.25, 0.3) is 15.9 Å². The van der Waals surface area contributed by atoms with E-state index in [-0.39, 0.29) is 10.8 Å². The van der Waals surface area contributed by atoms with E-state index >= 15 is 0 Å². The van der Waals surface area contributed by atoms with Gasteiger partial charge < -0.3 is 5.32 Å². The van der Waals surface area contributed by atoms with Crippen LogP contribution in [0.25, 0.3) is 0 Å². The van der Waals surface area contributed by atoms with Crippen LogP contribution in [0, 0.1) is 6.92 Å². The molecule has 0 saturated heterocycles. The molecule has 150 valence electrons. The van der Waals surface area contributed by atoms with E-state index in [0.717, 1.165) is 11.1 Å². The first kappa shape index (κ1) is 20.9. The van der Waals surface area contributed by atoms with Gasteiger partial charge in [0.2, 0.25) is 0 Å². The van der Waals surface area contributed by atoms with Gasteiger partial charge in [-0.2, -0.15) is 0 Å². The van der Waals surface area contributed by atoms with Crippen LogP contribution >= 0.6 is 11.6 Å². The highest BCUT2D eigenvalue weighted by Gasteiger charge is 2.15. The topological polar surface area (TPSA) is 75.3 Å². The Balaban J connectivity index is 1.64. The summed E-state index contributed by atoms with van der Waals surface area (Å²) in [6.45, 7) is 2.33. The second-order valence-electron chi connectivity index (χ2n) is 6.64. The number of amides is 1. The van der Waals surface area contributed by atoms with Crippen molar-refractivity contribution in [3.05, 3.63) is 94.5 Å². The van der Waals surface area contributed by atoms with Crippen LogP contribution in [-0.4, -0.2) is 20.9 Å². The molecule has 0 atom stereocenters. The van der Waals surface area contributed by atoms with Gasteiger partial charge in [-0.25, -0.2) is 8.42 Å². The number of hydrogen-bond acceptors (Lipinski definition) is 3. The van der Waals surface area contributed by atoms with Gasteiger partial charge in [0.15, 0.2) is 0 Å². The molecule has 0 heterocycles. The SMILES string of the molecule is Cc1ccc(S(=O)(=O)Nc2cccc(C(=O)NCCc3cccc(Cl)c3)c2)cc1. The Morgan fingerprint density at radius 3 is 2.41 bits per heavy atom. The third-order valence-electron chi connectivity index (χ3n) is 4.30. The zero-order valence-corrected chi connectivity index (χ0v) is 17.4. The van der Waals surface area contributed by atoms with Gasteiger partial charge in [-0.3, -0.25) is 9.52 Å². The molecule has 0 aliphatic rings. The van der Waals surface area contributed by atoms with E-state index in [1.807, 2.05) is 25.1 Å². The smallest absolute Gasteiger partial charge is 0.261 e. The largest absolute Gasteiger partial charge is 0.352 e. The number of carbonyl (C=O) groups excluding carboxylic acids is 1. The fourth-order valence-electron chi connectivity index (χ4n) is 2.77. The molecule has 0 bridgehead atoms. The molecule has 0 aliphatic heterocycles. The number of hydrogen-bond donors (Lipinski definition) is 2. The molecule has 0 unspecified atom stereocenters. The highest BCUT2D eigenvalue weighted by molar-refractivity contribution is 7.92. The van der Waals surface area contributed by atoms with Crippen LogP contribution in [0.1, 0.15) is 21.5 Å². The Bertz CT molecular complexity index is 1110. The van der Waals surface area contributed by atoms with Crippen molar-refractivity contribution in [2.45, 2.75) is 18.2 Å². The van der Waals surface area contributed by atoms with Gasteiger partial charge in [-0.15, -0.1) is 0 Å². The summed E-state index contributed by atoms with van der Waals surface area (Å²) in [6, 6.07) is 20.4. The lowest BCUT2D eigenvalue weighted by atomic mass is 10.1. The first-order chi connectivity index (χ1) is 13.8. The van der Waals surface area contributed by atoms with Crippen LogP contribution in [0.2, 0.25) is 5.02 Å². The fraction of sp³-hybridized carbons (Fsp3) is 0.136. The molecule has 3 aromatic carbocycles. The first-order valence-electron chi connectivity index (χ1n) is 9.06. The number of aryl methyl sites for hydroxylation is 1. The lowest BCUT2D eigenvalue weighted by molar-refractivity contribution is 0.0954. The number of anilines is 1. The van der Waals surface area contributed by atoms with Crippen molar-refractivity contribution in [3.63, 3.8) is 0 Å². The number of rotatable bonds is 7. The van der Waals surface area contributed by atoms with Crippen molar-refractivity contribution in [2.75, 3.05) is 11.3 Å². The Kier molecular flexibility index (Phi) is 6.56. The zero-order chi connectivity index (χ0) is 20.9. The average Bonchev–Trinajstić information content (AvgIpc) is 2.68. The van der Waals surface area contributed by atoms with Crippen molar-refractivity contribution in [1.82, 2.24) is 5.32 Å². The minimum atomic E-state index is -3.72. The van der Waals surface area contributed by atoms with Crippen LogP contribution in [-0.2, 0) is 16.4 Å². The third-order valence-corrected chi connectivity index (χ3v) is 5.93. The molecule has 2 N–H and O–H groups in total. The highest BCUT2D eigenvalue weighted by atomic mass is 35.5. The van der Waals surface area contributed by atoms with Crippen LogP contribution in [0.4, 0.5) is 5.69 Å². The molecule has 7 heteroatoms. The van der Waals surface area contributed by atoms with E-state index in [4.69, 9.17) is 11.6 Å². The number of sulfonamides is 1. The summed E-state index contributed by atoms with van der Waals surface area (Å²) in [5, 5.41) is 3.49. The Morgan fingerprint density at radius 2 is 1.69 bits per heavy atom. The lowest BCUT2D eigenvalue weighted by Crippen LogP contribution is -2.25. The second kappa shape index (κ2) is 9.11. The molecule has 0 fully saturated rings. The highest BCUT2D eigenvalue weighted by Crippen LogP contribution is 2.18. The third kappa shape index (κ3) is 5.82. The standard InChI is InChI=1S/C22H21ClN2O3S/c1-16-8-10-21(11-9-16)29(27,28)25-20-7-3-5-18(15-20)22(26)24-13-12-17-4-2-6-19(23)14-17/h2-11,14-15,25H,12-13H2,1H3,(H,24,26). The van der Waals surface area contributed by atoms with Crippen molar-refractivity contribution < 1.29 is 13.2 Å². The summed E-state index contributed by atoms with van der Waals surface area (Å²) in [4.78, 5) is 12.6. The monoisotopic (exact) mass is 428 g/mol. The molecule has 5 nitrogen and oxygen atoms in total. The zero-order valence-electron chi connectivity index (χ0n) is 15.9. The van der Waals surface area contributed by atoms with Crippen molar-refractivity contribution in [3.8, 4) is 0 Å². The molecular weight excluding hydrogens is 408 g/mol. The minimum Gasteiger partial charge on any atom is -0.352 e. The Morgan fingerprint density at radius 1 is 0.966 bits per heavy atom. The summed E-state index contributed by atoms with van der Waals surface area (Å²) in [5.41, 5.74) is 2.70. The summed E-state index contributed by atoms with van der Waals surface area (Å²) in [6.07, 6.45) is 0.645. The Hall–Kier alpha value is -2.83. The minimum absolute atomic E-state index is 0.166. The number of halogens is 1. The van der Waals surface area contributed by atoms with E-state index < -0.39 is 10.0 Å². The van der Waals surface area contributed by atoms with Crippen molar-refractivity contribution in [2.24, 2.45) is 0 Å². The number of benzene rings is 3. The summed E-state index contributed by atoms with van der Waals surface area (Å²) >= 11 is 5.96. The summed E-state index contributed by atoms with van der Waals surface area (Å²) in [7, 11) is -3.72. The lowest BCUT2D eigenvalue weighted by Gasteiger charge is -2.10. The maximum Gasteiger partial charge on any atom is 0.261 e. The van der Waals surface area contributed by atoms with Gasteiger partial charge in [0.05, 0.1) is 4.90 Å². The van der Waals surface area contributed by atoms with E-state index in [2.05, 4.69) is 10.0 Å². The second-order valence-corrected chi connectivity index (χ2v) is 8.75. The van der Waals surface area contributed by atoms with Crippen LogP contribution in [0.3, 0.4) is 0 Å². The van der Waals surface area contributed by atoms with Gasteiger partial charge >= 0.3 is 0 Å². The van der Waals surface area contributed by atoms with E-state index in [0.29, 0.717) is 29.2 Å². The number of carbonyl (C=O) groups is 1. The maximum atomic E-state index is 12.5. The molecule has 3 rings (SSSR count). The molecule has 0 spiro atoms. The first-order valence-corrected chi connectivity index (χ1v) is 10.9. The molecule has 0 aliphatic carbocycles. The van der Waals surface area contributed by atoms with Crippen LogP contribution in [0.5, 0.6) is 0 Å². The van der Waals surface area contributed by atoms with Gasteiger partial charge in [0, 0.05) is 22.8 Å². The van der Waals surface area contributed by atoms with E-state index in [1.165, 1.54) is 6.07 Å². The van der Waals surface area contributed by atoms with E-state index in [9.17, 15) is 13.2 Å². The molecule has 29 heavy (non-hydrogen) atoms. The number of nitrogens with one attached hydrogen (secondary N) is 2. The molecule has 0 saturated carbocycles. The van der Waals surface area contributed by atoms with Gasteiger partial charge in [-0.1, -0.05) is 47.5 Å². The predicted molar refractivity (Wildman–Crippen MR) is 116 cm³/mol.